The monoisotopic (exact) mass is 560 g/mol. The third-order valence-electron chi connectivity index (χ3n) is 7.81. The van der Waals surface area contributed by atoms with Crippen LogP contribution in [0.1, 0.15) is 84.8 Å². The van der Waals surface area contributed by atoms with E-state index in [1.165, 1.54) is 10.6 Å². The first-order chi connectivity index (χ1) is 18.0. The molecule has 2 aromatic rings. The molecule has 0 unspecified atom stereocenters. The van der Waals surface area contributed by atoms with E-state index in [-0.39, 0.29) is 35.4 Å². The number of hydrogen-bond acceptors (Lipinski definition) is 8. The van der Waals surface area contributed by atoms with Crippen LogP contribution >= 0.6 is 0 Å². The van der Waals surface area contributed by atoms with Crippen molar-refractivity contribution in [1.82, 2.24) is 9.55 Å². The lowest BCUT2D eigenvalue weighted by molar-refractivity contribution is -0.386. The standard InChI is InChI=1S/C28H44N4O6Si/c1-10-21-22(38-39(8,9)28(5,6)7)15-23(37-21)31-16-18(25(29)30-26(31)33)17-36-24(27(2,3)4)19-13-11-12-14-20(19)32(34)35/h11-14,16,21-24H,10,15,17H2,1-9H3,(H2,29,30,33)/t21-,22-,23-,24-/m1/s1. The zero-order valence-electron chi connectivity index (χ0n) is 24.7. The topological polar surface area (TPSA) is 132 Å². The van der Waals surface area contributed by atoms with E-state index in [4.69, 9.17) is 19.6 Å². The molecule has 39 heavy (non-hydrogen) atoms. The molecule has 1 aromatic heterocycles. The SMILES string of the molecule is CC[C@H]1O[C@@H](n2cc(CO[C@H](c3ccccc3[N+](=O)[O-])C(C)(C)C)c(N)nc2=O)C[C@H]1O[Si](C)(C)C(C)(C)C. The van der Waals surface area contributed by atoms with E-state index in [1.54, 1.807) is 24.4 Å². The number of nitrogens with two attached hydrogens (primary N) is 1. The molecular formula is C28H44N4O6Si. The molecule has 1 aromatic carbocycles. The maximum absolute atomic E-state index is 12.9. The van der Waals surface area contributed by atoms with Crippen LogP contribution in [-0.4, -0.2) is 35.0 Å². The van der Waals surface area contributed by atoms with E-state index in [1.807, 2.05) is 27.7 Å². The first kappa shape index (κ1) is 30.9. The van der Waals surface area contributed by atoms with Gasteiger partial charge in [0.25, 0.3) is 5.69 Å². The summed E-state index contributed by atoms with van der Waals surface area (Å²) in [4.78, 5) is 28.2. The molecule has 216 valence electrons. The highest BCUT2D eigenvalue weighted by atomic mass is 28.4. The van der Waals surface area contributed by atoms with Crippen molar-refractivity contribution in [2.24, 2.45) is 5.41 Å². The Morgan fingerprint density at radius 3 is 2.44 bits per heavy atom. The van der Waals surface area contributed by atoms with Crippen molar-refractivity contribution in [2.75, 3.05) is 5.73 Å². The van der Waals surface area contributed by atoms with E-state index in [0.717, 1.165) is 6.42 Å². The summed E-state index contributed by atoms with van der Waals surface area (Å²) in [6.45, 7) is 18.9. The first-order valence-corrected chi connectivity index (χ1v) is 16.4. The van der Waals surface area contributed by atoms with Gasteiger partial charge >= 0.3 is 5.69 Å². The highest BCUT2D eigenvalue weighted by Crippen LogP contribution is 2.42. The summed E-state index contributed by atoms with van der Waals surface area (Å²) in [7, 11) is -2.05. The predicted molar refractivity (Wildman–Crippen MR) is 154 cm³/mol. The zero-order chi connectivity index (χ0) is 29.3. The number of anilines is 1. The van der Waals surface area contributed by atoms with Gasteiger partial charge in [0, 0.05) is 24.2 Å². The van der Waals surface area contributed by atoms with E-state index < -0.39 is 36.7 Å². The third kappa shape index (κ3) is 6.94. The Hall–Kier alpha value is -2.60. The number of ether oxygens (including phenoxy) is 2. The molecule has 1 aliphatic rings. The number of nitro groups is 1. The molecule has 4 atom stereocenters. The summed E-state index contributed by atoms with van der Waals surface area (Å²) in [6, 6.07) is 6.56. The lowest BCUT2D eigenvalue weighted by Gasteiger charge is -2.39. The predicted octanol–water partition coefficient (Wildman–Crippen LogP) is 6.13. The lowest BCUT2D eigenvalue weighted by Crippen LogP contribution is -2.45. The second-order valence-corrected chi connectivity index (χ2v) is 17.7. The fourth-order valence-corrected chi connectivity index (χ4v) is 5.97. The summed E-state index contributed by atoms with van der Waals surface area (Å²) in [6.07, 6.45) is 1.50. The number of nitrogen functional groups attached to an aromatic ring is 1. The molecule has 0 amide bonds. The van der Waals surface area contributed by atoms with Gasteiger partial charge in [0.2, 0.25) is 0 Å². The Labute approximate surface area is 232 Å². The van der Waals surface area contributed by atoms with Gasteiger partial charge in [0.15, 0.2) is 8.32 Å². The summed E-state index contributed by atoms with van der Waals surface area (Å²) in [5, 5.41) is 11.7. The minimum Gasteiger partial charge on any atom is -0.411 e. The molecule has 0 bridgehead atoms. The molecule has 2 heterocycles. The molecule has 3 rings (SSSR count). The van der Waals surface area contributed by atoms with Crippen LogP contribution in [0.25, 0.3) is 0 Å². The molecule has 1 aliphatic heterocycles. The van der Waals surface area contributed by atoms with Crippen LogP contribution in [0.4, 0.5) is 11.5 Å². The largest absolute Gasteiger partial charge is 0.411 e. The average molecular weight is 561 g/mol. The zero-order valence-corrected chi connectivity index (χ0v) is 25.7. The van der Waals surface area contributed by atoms with Gasteiger partial charge in [-0.15, -0.1) is 0 Å². The fourth-order valence-electron chi connectivity index (χ4n) is 4.61. The van der Waals surface area contributed by atoms with Crippen molar-refractivity contribution in [3.05, 3.63) is 62.2 Å². The maximum Gasteiger partial charge on any atom is 0.351 e. The van der Waals surface area contributed by atoms with Crippen LogP contribution in [0.15, 0.2) is 35.3 Å². The molecule has 0 spiro atoms. The number of aromatic nitrogens is 2. The van der Waals surface area contributed by atoms with Crippen LogP contribution in [0.5, 0.6) is 0 Å². The smallest absolute Gasteiger partial charge is 0.351 e. The normalized spacial score (nSPS) is 21.2. The molecule has 2 N–H and O–H groups in total. The molecule has 11 heteroatoms. The Morgan fingerprint density at radius 1 is 1.23 bits per heavy atom. The molecule has 10 nitrogen and oxygen atoms in total. The summed E-state index contributed by atoms with van der Waals surface area (Å²) in [5.74, 6) is 0.0607. The average Bonchev–Trinajstić information content (AvgIpc) is 3.20. The van der Waals surface area contributed by atoms with E-state index in [2.05, 4.69) is 38.8 Å². The van der Waals surface area contributed by atoms with Gasteiger partial charge in [-0.3, -0.25) is 14.7 Å². The molecule has 1 saturated heterocycles. The van der Waals surface area contributed by atoms with Crippen molar-refractivity contribution in [3.8, 4) is 0 Å². The lowest BCUT2D eigenvalue weighted by atomic mass is 9.84. The Kier molecular flexibility index (Phi) is 9.11. The summed E-state index contributed by atoms with van der Waals surface area (Å²) < 4.78 is 20.7. The highest BCUT2D eigenvalue weighted by Gasteiger charge is 2.45. The number of nitro benzene ring substituents is 1. The second kappa shape index (κ2) is 11.5. The first-order valence-electron chi connectivity index (χ1n) is 13.5. The quantitative estimate of drug-likeness (QED) is 0.220. The molecule has 0 saturated carbocycles. The Bertz CT molecular complexity index is 1230. The molecule has 1 fully saturated rings. The van der Waals surface area contributed by atoms with Gasteiger partial charge in [0.1, 0.15) is 12.0 Å². The Balaban J connectivity index is 1.88. The van der Waals surface area contributed by atoms with E-state index in [0.29, 0.717) is 17.5 Å². The van der Waals surface area contributed by atoms with E-state index >= 15 is 0 Å². The van der Waals surface area contributed by atoms with Crippen molar-refractivity contribution in [2.45, 2.75) is 111 Å². The van der Waals surface area contributed by atoms with Crippen LogP contribution in [-0.2, 0) is 20.5 Å². The fraction of sp³-hybridized carbons (Fsp3) is 0.643. The number of para-hydroxylation sites is 1. The van der Waals surface area contributed by atoms with Crippen LogP contribution in [0.3, 0.4) is 0 Å². The molecular weight excluding hydrogens is 516 g/mol. The molecule has 0 aliphatic carbocycles. The molecule has 0 radical (unpaired) electrons. The number of benzene rings is 1. The highest BCUT2D eigenvalue weighted by molar-refractivity contribution is 6.74. The van der Waals surface area contributed by atoms with Gasteiger partial charge in [-0.25, -0.2) is 4.79 Å². The van der Waals surface area contributed by atoms with E-state index in [9.17, 15) is 14.9 Å². The van der Waals surface area contributed by atoms with Gasteiger partial charge in [-0.2, -0.15) is 4.98 Å². The number of rotatable bonds is 9. The van der Waals surface area contributed by atoms with Crippen LogP contribution in [0.2, 0.25) is 18.1 Å². The van der Waals surface area contributed by atoms with Crippen LogP contribution in [0, 0.1) is 15.5 Å². The Morgan fingerprint density at radius 2 is 1.87 bits per heavy atom. The van der Waals surface area contributed by atoms with Crippen molar-refractivity contribution >= 4 is 19.8 Å². The number of nitrogens with zero attached hydrogens (tertiary/aromatic N) is 3. The van der Waals surface area contributed by atoms with Gasteiger partial charge in [-0.05, 0) is 36.0 Å². The maximum atomic E-state index is 12.9. The summed E-state index contributed by atoms with van der Waals surface area (Å²) >= 11 is 0. The van der Waals surface area contributed by atoms with Crippen LogP contribution < -0.4 is 11.4 Å². The number of hydrogen-bond donors (Lipinski definition) is 1. The second-order valence-electron chi connectivity index (χ2n) is 12.9. The summed E-state index contributed by atoms with van der Waals surface area (Å²) in [5.41, 5.74) is 6.15. The van der Waals surface area contributed by atoms with Crippen molar-refractivity contribution in [1.29, 1.82) is 0 Å². The minimum absolute atomic E-state index is 0.00812. The minimum atomic E-state index is -2.05. The van der Waals surface area contributed by atoms with Gasteiger partial charge in [-0.1, -0.05) is 60.6 Å². The van der Waals surface area contributed by atoms with Gasteiger partial charge in [0.05, 0.1) is 35.4 Å². The third-order valence-corrected chi connectivity index (χ3v) is 12.3. The van der Waals surface area contributed by atoms with Crippen molar-refractivity contribution < 1.29 is 18.8 Å². The van der Waals surface area contributed by atoms with Crippen molar-refractivity contribution in [3.63, 3.8) is 0 Å². The van der Waals surface area contributed by atoms with Gasteiger partial charge < -0.3 is 19.6 Å².